The molecular formula is C9H14NY-. The molecule has 1 aliphatic rings. The first-order chi connectivity index (χ1) is 4.74. The number of rotatable bonds is 1. The summed E-state index contributed by atoms with van der Waals surface area (Å²) in [5, 5.41) is 3.05. The van der Waals surface area contributed by atoms with E-state index in [9.17, 15) is 0 Å². The number of hydrogen-bond donors (Lipinski definition) is 1. The maximum absolute atomic E-state index is 3.91. The van der Waals surface area contributed by atoms with Crippen molar-refractivity contribution in [2.45, 2.75) is 26.7 Å². The van der Waals surface area contributed by atoms with E-state index in [-0.39, 0.29) is 32.7 Å². The van der Waals surface area contributed by atoms with Crippen molar-refractivity contribution in [1.29, 1.82) is 0 Å². The van der Waals surface area contributed by atoms with Gasteiger partial charge in [-0.15, -0.1) is 11.3 Å². The van der Waals surface area contributed by atoms with E-state index in [1.807, 2.05) is 0 Å². The Hall–Kier alpha value is 0.384. The summed E-state index contributed by atoms with van der Waals surface area (Å²) in [6.45, 7) is 8.20. The second-order valence-corrected chi connectivity index (χ2v) is 2.86. The van der Waals surface area contributed by atoms with Crippen LogP contribution in [0.5, 0.6) is 0 Å². The number of hydrogen-bond acceptors (Lipinski definition) is 1. The van der Waals surface area contributed by atoms with E-state index in [2.05, 4.69) is 31.9 Å². The largest absolute Gasteiger partial charge is 0.527 e. The van der Waals surface area contributed by atoms with Gasteiger partial charge < -0.3 is 5.32 Å². The molecule has 1 aliphatic heterocycles. The summed E-state index contributed by atoms with van der Waals surface area (Å²) in [7, 11) is 0. The molecule has 0 aromatic heterocycles. The third kappa shape index (κ3) is 3.08. The molecule has 0 amide bonds. The predicted octanol–water partition coefficient (Wildman–Crippen LogP) is 2.22. The Bertz CT molecular complexity index is 172. The van der Waals surface area contributed by atoms with E-state index in [1.165, 1.54) is 12.0 Å². The predicted molar refractivity (Wildman–Crippen MR) is 43.1 cm³/mol. The van der Waals surface area contributed by atoms with Crippen LogP contribution in [0.3, 0.4) is 0 Å². The summed E-state index contributed by atoms with van der Waals surface area (Å²) >= 11 is 0. The Morgan fingerprint density at radius 3 is 2.82 bits per heavy atom. The van der Waals surface area contributed by atoms with Gasteiger partial charge in [0.2, 0.25) is 0 Å². The molecule has 0 aromatic carbocycles. The van der Waals surface area contributed by atoms with Crippen LogP contribution in [0.1, 0.15) is 26.7 Å². The van der Waals surface area contributed by atoms with Gasteiger partial charge in [0.25, 0.3) is 0 Å². The zero-order chi connectivity index (χ0) is 7.56. The maximum Gasteiger partial charge on any atom is 0 e. The van der Waals surface area contributed by atoms with Crippen molar-refractivity contribution < 1.29 is 32.7 Å². The van der Waals surface area contributed by atoms with E-state index >= 15 is 0 Å². The van der Waals surface area contributed by atoms with Gasteiger partial charge in [-0.25, -0.2) is 0 Å². The van der Waals surface area contributed by atoms with Crippen LogP contribution >= 0.6 is 0 Å². The zero-order valence-electron chi connectivity index (χ0n) is 7.28. The molecule has 1 N–H and O–H groups in total. The molecule has 0 aliphatic carbocycles. The van der Waals surface area contributed by atoms with Crippen molar-refractivity contribution in [3.63, 3.8) is 0 Å². The van der Waals surface area contributed by atoms with E-state index in [1.54, 1.807) is 0 Å². The molecule has 0 bridgehead atoms. The second-order valence-electron chi connectivity index (χ2n) is 2.86. The van der Waals surface area contributed by atoms with E-state index < -0.39 is 0 Å². The van der Waals surface area contributed by atoms with Gasteiger partial charge >= 0.3 is 0 Å². The Morgan fingerprint density at radius 2 is 2.36 bits per heavy atom. The summed E-state index contributed by atoms with van der Waals surface area (Å²) in [6.07, 6.45) is 5.36. The minimum atomic E-state index is 0. The molecule has 11 heavy (non-hydrogen) atoms. The summed E-state index contributed by atoms with van der Waals surface area (Å²) in [4.78, 5) is 0. The van der Waals surface area contributed by atoms with Crippen LogP contribution < -0.4 is 5.32 Å². The Labute approximate surface area is 94.2 Å². The van der Waals surface area contributed by atoms with Crippen LogP contribution in [0.2, 0.25) is 0 Å². The van der Waals surface area contributed by atoms with Crippen molar-refractivity contribution in [3.05, 3.63) is 24.0 Å². The number of nitrogens with one attached hydrogen (secondary N) is 1. The van der Waals surface area contributed by atoms with E-state index in [0.29, 0.717) is 5.92 Å². The van der Waals surface area contributed by atoms with E-state index in [0.717, 1.165) is 12.1 Å². The zero-order valence-corrected chi connectivity index (χ0v) is 10.1. The molecule has 0 saturated carbocycles. The molecule has 1 nitrogen and oxygen atoms in total. The van der Waals surface area contributed by atoms with Crippen LogP contribution in [-0.2, 0) is 32.7 Å². The average Bonchev–Trinajstić information content (AvgIpc) is 1.94. The van der Waals surface area contributed by atoms with Crippen LogP contribution in [-0.4, -0.2) is 0 Å². The van der Waals surface area contributed by atoms with Crippen LogP contribution in [0, 0.1) is 12.1 Å². The van der Waals surface area contributed by atoms with Gasteiger partial charge in [-0.1, -0.05) is 32.6 Å². The molecule has 1 rings (SSSR count). The molecule has 1 unspecified atom stereocenters. The maximum atomic E-state index is 3.91. The van der Waals surface area contributed by atoms with E-state index in [4.69, 9.17) is 0 Å². The molecule has 2 heteroatoms. The van der Waals surface area contributed by atoms with Gasteiger partial charge in [0, 0.05) is 32.7 Å². The monoisotopic (exact) mass is 225 g/mol. The Balaban J connectivity index is 0.000001000. The van der Waals surface area contributed by atoms with Crippen molar-refractivity contribution in [3.8, 4) is 0 Å². The first-order valence-electron chi connectivity index (χ1n) is 3.77. The third-order valence-electron chi connectivity index (χ3n) is 1.97. The summed E-state index contributed by atoms with van der Waals surface area (Å²) in [6, 6.07) is 0. The minimum absolute atomic E-state index is 0. The summed E-state index contributed by atoms with van der Waals surface area (Å²) in [5.74, 6) is 0.626. The molecule has 1 atom stereocenters. The van der Waals surface area contributed by atoms with Crippen molar-refractivity contribution in [2.75, 3.05) is 0 Å². The Morgan fingerprint density at radius 1 is 1.73 bits per heavy atom. The molecule has 0 fully saturated rings. The van der Waals surface area contributed by atoms with Crippen molar-refractivity contribution in [1.82, 2.24) is 5.32 Å². The van der Waals surface area contributed by atoms with Crippen LogP contribution in [0.25, 0.3) is 0 Å². The normalized spacial score (nSPS) is 23.3. The fraction of sp³-hybridized carbons (Fsp3) is 0.556. The second kappa shape index (κ2) is 5.10. The molecule has 1 heterocycles. The first kappa shape index (κ1) is 11.4. The first-order valence-corrected chi connectivity index (χ1v) is 3.77. The summed E-state index contributed by atoms with van der Waals surface area (Å²) in [5.41, 5.74) is 2.42. The third-order valence-corrected chi connectivity index (χ3v) is 1.97. The Kier molecular flexibility index (Phi) is 5.28. The topological polar surface area (TPSA) is 12.0 Å². The quantitative estimate of drug-likeness (QED) is 0.675. The molecule has 59 valence electrons. The van der Waals surface area contributed by atoms with Crippen molar-refractivity contribution >= 4 is 0 Å². The fourth-order valence-corrected chi connectivity index (χ4v) is 1.22. The number of allylic oxidation sites excluding steroid dienone is 2. The van der Waals surface area contributed by atoms with Gasteiger partial charge in [0.05, 0.1) is 0 Å². The average molecular weight is 225 g/mol. The minimum Gasteiger partial charge on any atom is -0.527 e. The molecule has 0 aromatic rings. The van der Waals surface area contributed by atoms with Gasteiger partial charge in [-0.05, 0) is 0 Å². The fourth-order valence-electron chi connectivity index (χ4n) is 1.22. The van der Waals surface area contributed by atoms with Gasteiger partial charge in [0.1, 0.15) is 0 Å². The van der Waals surface area contributed by atoms with Gasteiger partial charge in [0.15, 0.2) is 0 Å². The van der Waals surface area contributed by atoms with Crippen LogP contribution in [0.4, 0.5) is 0 Å². The molecule has 0 saturated heterocycles. The molecule has 0 spiro atoms. The standard InChI is InChI=1S/C9H14N.Y/c1-4-9-5-7(2)6-10-8(9)3;/h9-10H,3-5H2,1-2H3;/q-1;. The molecule has 1 radical (unpaired) electrons. The molecular weight excluding hydrogens is 211 g/mol. The van der Waals surface area contributed by atoms with Crippen molar-refractivity contribution in [2.24, 2.45) is 5.92 Å². The SMILES string of the molecule is C=C1N[C-]=C(C)CC1CC.[Y]. The smallest absolute Gasteiger partial charge is 0 e. The summed E-state index contributed by atoms with van der Waals surface area (Å²) < 4.78 is 0. The van der Waals surface area contributed by atoms with Gasteiger partial charge in [-0.3, -0.25) is 0 Å². The van der Waals surface area contributed by atoms with Gasteiger partial charge in [-0.2, -0.15) is 12.8 Å². The van der Waals surface area contributed by atoms with Crippen LogP contribution in [0.15, 0.2) is 17.8 Å².